The molecule has 0 atom stereocenters. The minimum Gasteiger partial charge on any atom is -0.369 e. The van der Waals surface area contributed by atoms with Gasteiger partial charge < -0.3 is 15.6 Å². The third-order valence-electron chi connectivity index (χ3n) is 4.79. The van der Waals surface area contributed by atoms with E-state index >= 15 is 0 Å². The summed E-state index contributed by atoms with van der Waals surface area (Å²) in [6, 6.07) is 6.20. The maximum Gasteiger partial charge on any atom is 0.220 e. The number of fused-ring (bicyclic) bond motifs is 3. The highest BCUT2D eigenvalue weighted by Gasteiger charge is 2.25. The molecule has 3 N–H and O–H groups in total. The van der Waals surface area contributed by atoms with Crippen LogP contribution in [0.15, 0.2) is 24.5 Å². The Kier molecular flexibility index (Phi) is 3.18. The first-order valence-electron chi connectivity index (χ1n) is 7.91. The van der Waals surface area contributed by atoms with Gasteiger partial charge in [0, 0.05) is 29.9 Å². The van der Waals surface area contributed by atoms with Crippen LogP contribution in [0, 0.1) is 12.8 Å². The van der Waals surface area contributed by atoms with Crippen LogP contribution in [-0.2, 0) is 4.79 Å². The zero-order valence-corrected chi connectivity index (χ0v) is 13.0. The van der Waals surface area contributed by atoms with Crippen molar-refractivity contribution in [2.75, 3.05) is 18.0 Å². The van der Waals surface area contributed by atoms with Crippen molar-refractivity contribution in [3.05, 3.63) is 30.1 Å². The van der Waals surface area contributed by atoms with E-state index in [1.807, 2.05) is 6.07 Å². The second-order valence-corrected chi connectivity index (χ2v) is 6.21. The van der Waals surface area contributed by atoms with Crippen molar-refractivity contribution in [3.63, 3.8) is 0 Å². The number of aryl methyl sites for hydroxylation is 1. The summed E-state index contributed by atoms with van der Waals surface area (Å²) in [5.41, 5.74) is 9.62. The van der Waals surface area contributed by atoms with E-state index in [0.29, 0.717) is 0 Å². The lowest BCUT2D eigenvalue weighted by molar-refractivity contribution is -0.122. The number of aromatic amines is 1. The Morgan fingerprint density at radius 2 is 2.09 bits per heavy atom. The number of nitrogens with zero attached hydrogens (tertiary/aromatic N) is 3. The van der Waals surface area contributed by atoms with E-state index in [2.05, 4.69) is 38.9 Å². The number of benzene rings is 1. The quantitative estimate of drug-likeness (QED) is 0.759. The van der Waals surface area contributed by atoms with Crippen LogP contribution >= 0.6 is 0 Å². The summed E-state index contributed by atoms with van der Waals surface area (Å²) in [7, 11) is 0. The number of hydrogen-bond acceptors (Lipinski definition) is 4. The van der Waals surface area contributed by atoms with Crippen molar-refractivity contribution in [1.82, 2.24) is 15.0 Å². The van der Waals surface area contributed by atoms with Gasteiger partial charge >= 0.3 is 0 Å². The molecule has 0 bridgehead atoms. The third-order valence-corrected chi connectivity index (χ3v) is 4.79. The van der Waals surface area contributed by atoms with Crippen LogP contribution < -0.4 is 10.6 Å². The van der Waals surface area contributed by atoms with Crippen molar-refractivity contribution in [2.45, 2.75) is 19.8 Å². The van der Waals surface area contributed by atoms with E-state index in [1.165, 1.54) is 5.56 Å². The van der Waals surface area contributed by atoms with Gasteiger partial charge in [-0.25, -0.2) is 9.97 Å². The number of piperidine rings is 1. The number of rotatable bonds is 2. The lowest BCUT2D eigenvalue weighted by atomic mass is 9.96. The van der Waals surface area contributed by atoms with Gasteiger partial charge in [0.25, 0.3) is 0 Å². The standard InChI is InChI=1S/C17H19N5O/c1-10-3-2-4-12-13(10)14-15(21-12)17(20-9-19-14)22-7-5-11(6-8-22)16(18)23/h2-4,9,11,21H,5-8H2,1H3,(H2,18,23). The molecule has 6 nitrogen and oxygen atoms in total. The number of nitrogens with two attached hydrogens (primary N) is 1. The molecular formula is C17H19N5O. The molecule has 1 aliphatic heterocycles. The van der Waals surface area contributed by atoms with E-state index in [1.54, 1.807) is 6.33 Å². The predicted octanol–water partition coefficient (Wildman–Crippen LogP) is 2.12. The summed E-state index contributed by atoms with van der Waals surface area (Å²) < 4.78 is 0. The number of anilines is 1. The fraction of sp³-hybridized carbons (Fsp3) is 0.353. The van der Waals surface area contributed by atoms with Gasteiger partial charge in [-0.15, -0.1) is 0 Å². The largest absolute Gasteiger partial charge is 0.369 e. The van der Waals surface area contributed by atoms with Crippen LogP contribution in [0.5, 0.6) is 0 Å². The molecule has 2 aromatic heterocycles. The second kappa shape index (κ2) is 5.22. The number of aromatic nitrogens is 3. The summed E-state index contributed by atoms with van der Waals surface area (Å²) in [5.74, 6) is 0.695. The Morgan fingerprint density at radius 3 is 2.83 bits per heavy atom. The number of amides is 1. The molecule has 1 amide bonds. The van der Waals surface area contributed by atoms with Gasteiger partial charge in [-0.3, -0.25) is 4.79 Å². The second-order valence-electron chi connectivity index (χ2n) is 6.21. The van der Waals surface area contributed by atoms with Gasteiger partial charge in [0.05, 0.1) is 0 Å². The zero-order chi connectivity index (χ0) is 16.0. The van der Waals surface area contributed by atoms with Crippen LogP contribution in [0.25, 0.3) is 21.9 Å². The predicted molar refractivity (Wildman–Crippen MR) is 90.3 cm³/mol. The number of carbonyl (C=O) groups excluding carboxylic acids is 1. The number of nitrogens with one attached hydrogen (secondary N) is 1. The highest BCUT2D eigenvalue weighted by Crippen LogP contribution is 2.32. The Morgan fingerprint density at radius 1 is 1.30 bits per heavy atom. The highest BCUT2D eigenvalue weighted by atomic mass is 16.1. The highest BCUT2D eigenvalue weighted by molar-refractivity contribution is 6.09. The summed E-state index contributed by atoms with van der Waals surface area (Å²) in [4.78, 5) is 26.0. The lowest BCUT2D eigenvalue weighted by Crippen LogP contribution is -2.39. The molecule has 1 saturated heterocycles. The summed E-state index contributed by atoms with van der Waals surface area (Å²) >= 11 is 0. The summed E-state index contributed by atoms with van der Waals surface area (Å²) in [6.07, 6.45) is 3.18. The minimum atomic E-state index is -0.196. The van der Waals surface area contributed by atoms with Crippen molar-refractivity contribution in [1.29, 1.82) is 0 Å². The Labute approximate surface area is 133 Å². The normalized spacial score (nSPS) is 16.3. The van der Waals surface area contributed by atoms with Gasteiger partial charge in [-0.1, -0.05) is 12.1 Å². The first kappa shape index (κ1) is 14.0. The molecule has 0 aliphatic carbocycles. The smallest absolute Gasteiger partial charge is 0.220 e. The van der Waals surface area contributed by atoms with E-state index in [0.717, 1.165) is 53.7 Å². The first-order valence-corrected chi connectivity index (χ1v) is 7.91. The monoisotopic (exact) mass is 309 g/mol. The molecule has 4 rings (SSSR count). The number of carbonyl (C=O) groups is 1. The lowest BCUT2D eigenvalue weighted by Gasteiger charge is -2.31. The third kappa shape index (κ3) is 2.21. The minimum absolute atomic E-state index is 0.0199. The van der Waals surface area contributed by atoms with Crippen molar-refractivity contribution in [3.8, 4) is 0 Å². The van der Waals surface area contributed by atoms with Gasteiger partial charge in [-0.05, 0) is 31.4 Å². The molecule has 0 saturated carbocycles. The average Bonchev–Trinajstić information content (AvgIpc) is 2.94. The van der Waals surface area contributed by atoms with Gasteiger partial charge in [0.1, 0.15) is 17.4 Å². The zero-order valence-electron chi connectivity index (χ0n) is 13.0. The molecule has 0 radical (unpaired) electrons. The Hall–Kier alpha value is -2.63. The van der Waals surface area contributed by atoms with Crippen molar-refractivity contribution in [2.24, 2.45) is 11.7 Å². The summed E-state index contributed by atoms with van der Waals surface area (Å²) in [5, 5.41) is 1.15. The molecule has 118 valence electrons. The molecule has 0 unspecified atom stereocenters. The fourth-order valence-electron chi connectivity index (χ4n) is 3.52. The van der Waals surface area contributed by atoms with E-state index in [9.17, 15) is 4.79 Å². The Balaban J connectivity index is 1.78. The number of primary amides is 1. The maximum atomic E-state index is 11.3. The fourth-order valence-corrected chi connectivity index (χ4v) is 3.52. The summed E-state index contributed by atoms with van der Waals surface area (Å²) in [6.45, 7) is 3.66. The van der Waals surface area contributed by atoms with Crippen LogP contribution in [0.1, 0.15) is 18.4 Å². The maximum absolute atomic E-state index is 11.3. The van der Waals surface area contributed by atoms with Gasteiger partial charge in [-0.2, -0.15) is 0 Å². The van der Waals surface area contributed by atoms with E-state index in [4.69, 9.17) is 5.73 Å². The average molecular weight is 309 g/mol. The van der Waals surface area contributed by atoms with Crippen LogP contribution in [0.3, 0.4) is 0 Å². The van der Waals surface area contributed by atoms with Crippen LogP contribution in [0.4, 0.5) is 5.82 Å². The van der Waals surface area contributed by atoms with Crippen molar-refractivity contribution < 1.29 is 4.79 Å². The molecule has 6 heteroatoms. The van der Waals surface area contributed by atoms with E-state index in [-0.39, 0.29) is 11.8 Å². The van der Waals surface area contributed by atoms with Gasteiger partial charge in [0.15, 0.2) is 5.82 Å². The molecule has 1 aliphatic rings. The first-order chi connectivity index (χ1) is 11.1. The molecule has 23 heavy (non-hydrogen) atoms. The topological polar surface area (TPSA) is 87.9 Å². The van der Waals surface area contributed by atoms with Crippen LogP contribution in [0.2, 0.25) is 0 Å². The molecule has 1 aromatic carbocycles. The van der Waals surface area contributed by atoms with Crippen molar-refractivity contribution >= 4 is 33.7 Å². The van der Waals surface area contributed by atoms with E-state index < -0.39 is 0 Å². The Bertz CT molecular complexity index is 893. The SMILES string of the molecule is Cc1cccc2[nH]c3c(N4CCC(C(N)=O)CC4)ncnc3c12. The molecule has 3 heterocycles. The molecular weight excluding hydrogens is 290 g/mol. The number of hydrogen-bond donors (Lipinski definition) is 2. The molecule has 3 aromatic rings. The van der Waals surface area contributed by atoms with Crippen LogP contribution in [-0.4, -0.2) is 33.9 Å². The number of H-pyrrole nitrogens is 1. The molecule has 0 spiro atoms. The van der Waals surface area contributed by atoms with Gasteiger partial charge in [0.2, 0.25) is 5.91 Å². The molecule has 1 fully saturated rings.